The molecule has 0 saturated carbocycles. The van der Waals surface area contributed by atoms with Gasteiger partial charge in [0, 0.05) is 5.70 Å². The Morgan fingerprint density at radius 1 is 1.67 bits per heavy atom. The molecule has 1 N–H and O–H groups in total. The molecule has 0 unspecified atom stereocenters. The molecule has 9 heavy (non-hydrogen) atoms. The SMILES string of the molecule is C=C(C)NOCC(C)=O. The van der Waals surface area contributed by atoms with Crippen molar-refractivity contribution in [3.63, 3.8) is 0 Å². The molecular formula is C6H11NO2. The van der Waals surface area contributed by atoms with Gasteiger partial charge in [0.25, 0.3) is 0 Å². The van der Waals surface area contributed by atoms with Crippen LogP contribution in [0.25, 0.3) is 0 Å². The molecule has 52 valence electrons. The molecule has 0 aliphatic carbocycles. The molecule has 0 spiro atoms. The highest BCUT2D eigenvalue weighted by atomic mass is 16.6. The maximum absolute atomic E-state index is 10.2. The van der Waals surface area contributed by atoms with Crippen LogP contribution in [0.4, 0.5) is 0 Å². The average Bonchev–Trinajstić information content (AvgIpc) is 1.63. The van der Waals surface area contributed by atoms with E-state index in [-0.39, 0.29) is 12.4 Å². The van der Waals surface area contributed by atoms with E-state index in [9.17, 15) is 4.79 Å². The molecule has 0 radical (unpaired) electrons. The van der Waals surface area contributed by atoms with Gasteiger partial charge in [-0.15, -0.1) is 0 Å². The van der Waals surface area contributed by atoms with Crippen LogP contribution < -0.4 is 5.48 Å². The lowest BCUT2D eigenvalue weighted by atomic mass is 10.5. The van der Waals surface area contributed by atoms with Gasteiger partial charge in [0.05, 0.1) is 0 Å². The molecule has 0 bridgehead atoms. The fourth-order valence-electron chi connectivity index (χ4n) is 0.261. The zero-order chi connectivity index (χ0) is 7.28. The number of carbonyl (C=O) groups is 1. The van der Waals surface area contributed by atoms with Crippen molar-refractivity contribution in [3.8, 4) is 0 Å². The molecule has 0 rings (SSSR count). The van der Waals surface area contributed by atoms with Crippen LogP contribution in [0.3, 0.4) is 0 Å². The van der Waals surface area contributed by atoms with Crippen molar-refractivity contribution in [2.24, 2.45) is 0 Å². The van der Waals surface area contributed by atoms with Crippen molar-refractivity contribution >= 4 is 5.78 Å². The molecule has 3 heteroatoms. The van der Waals surface area contributed by atoms with Gasteiger partial charge in [-0.05, 0) is 13.8 Å². The monoisotopic (exact) mass is 129 g/mol. The predicted octanol–water partition coefficient (Wildman–Crippen LogP) is 0.630. The van der Waals surface area contributed by atoms with E-state index in [0.717, 1.165) is 0 Å². The van der Waals surface area contributed by atoms with Crippen LogP contribution in [-0.2, 0) is 9.63 Å². The number of carbonyl (C=O) groups excluding carboxylic acids is 1. The smallest absolute Gasteiger partial charge is 0.158 e. The third kappa shape index (κ3) is 7.17. The van der Waals surface area contributed by atoms with Crippen molar-refractivity contribution in [3.05, 3.63) is 12.3 Å². The summed E-state index contributed by atoms with van der Waals surface area (Å²) in [6.45, 7) is 6.80. The average molecular weight is 129 g/mol. The number of allylic oxidation sites excluding steroid dienone is 1. The van der Waals surface area contributed by atoms with Gasteiger partial charge in [-0.1, -0.05) is 6.58 Å². The van der Waals surface area contributed by atoms with E-state index in [1.165, 1.54) is 6.92 Å². The molecule has 0 aliphatic heterocycles. The van der Waals surface area contributed by atoms with E-state index in [4.69, 9.17) is 0 Å². The molecular weight excluding hydrogens is 118 g/mol. The van der Waals surface area contributed by atoms with Crippen LogP contribution in [0, 0.1) is 0 Å². The summed E-state index contributed by atoms with van der Waals surface area (Å²) in [6, 6.07) is 0. The highest BCUT2D eigenvalue weighted by Gasteiger charge is 1.90. The van der Waals surface area contributed by atoms with E-state index in [1.807, 2.05) is 0 Å². The second kappa shape index (κ2) is 4.09. The first-order valence-corrected chi connectivity index (χ1v) is 2.65. The van der Waals surface area contributed by atoms with Crippen LogP contribution >= 0.6 is 0 Å². The Kier molecular flexibility index (Phi) is 3.71. The fraction of sp³-hybridized carbons (Fsp3) is 0.500. The summed E-state index contributed by atoms with van der Waals surface area (Å²) in [6.07, 6.45) is 0. The Morgan fingerprint density at radius 3 is 2.56 bits per heavy atom. The summed E-state index contributed by atoms with van der Waals surface area (Å²) < 4.78 is 0. The Hall–Kier alpha value is -0.830. The number of rotatable bonds is 4. The van der Waals surface area contributed by atoms with E-state index in [1.54, 1.807) is 6.92 Å². The highest BCUT2D eigenvalue weighted by Crippen LogP contribution is 1.78. The minimum Gasteiger partial charge on any atom is -0.297 e. The first kappa shape index (κ1) is 8.17. The van der Waals surface area contributed by atoms with Crippen molar-refractivity contribution in [1.29, 1.82) is 0 Å². The summed E-state index contributed by atoms with van der Waals surface area (Å²) in [5.41, 5.74) is 3.15. The minimum absolute atomic E-state index is 0.0104. The van der Waals surface area contributed by atoms with Crippen LogP contribution in [0.5, 0.6) is 0 Å². The normalized spacial score (nSPS) is 8.67. The lowest BCUT2D eigenvalue weighted by Crippen LogP contribution is -2.15. The highest BCUT2D eigenvalue weighted by molar-refractivity contribution is 5.76. The second-order valence-electron chi connectivity index (χ2n) is 1.87. The Bertz CT molecular complexity index is 106. The molecule has 3 nitrogen and oxygen atoms in total. The van der Waals surface area contributed by atoms with Gasteiger partial charge in [-0.25, -0.2) is 0 Å². The van der Waals surface area contributed by atoms with E-state index in [0.29, 0.717) is 5.70 Å². The Labute approximate surface area is 54.7 Å². The van der Waals surface area contributed by atoms with Gasteiger partial charge in [0.15, 0.2) is 5.78 Å². The third-order valence-corrected chi connectivity index (χ3v) is 0.522. The molecule has 0 saturated heterocycles. The van der Waals surface area contributed by atoms with E-state index >= 15 is 0 Å². The number of hydrogen-bond acceptors (Lipinski definition) is 3. The van der Waals surface area contributed by atoms with Gasteiger partial charge in [-0.2, -0.15) is 0 Å². The van der Waals surface area contributed by atoms with Crippen molar-refractivity contribution in [2.75, 3.05) is 6.61 Å². The second-order valence-corrected chi connectivity index (χ2v) is 1.87. The standard InChI is InChI=1S/C6H11NO2/c1-5(2)7-9-4-6(3)8/h7H,1,4H2,2-3H3. The van der Waals surface area contributed by atoms with E-state index < -0.39 is 0 Å². The predicted molar refractivity (Wildman–Crippen MR) is 34.6 cm³/mol. The lowest BCUT2D eigenvalue weighted by Gasteiger charge is -2.01. The zero-order valence-corrected chi connectivity index (χ0v) is 5.73. The molecule has 0 aromatic rings. The number of nitrogens with one attached hydrogen (secondary N) is 1. The van der Waals surface area contributed by atoms with Gasteiger partial charge in [-0.3, -0.25) is 15.1 Å². The minimum atomic E-state index is -0.0104. The summed E-state index contributed by atoms with van der Waals surface area (Å²) in [5.74, 6) is -0.0104. The van der Waals surface area contributed by atoms with Crippen LogP contribution in [0.2, 0.25) is 0 Å². The lowest BCUT2D eigenvalue weighted by molar-refractivity contribution is -0.123. The number of Topliss-reactive ketones (excluding diaryl/α,β-unsaturated/α-hetero) is 1. The first-order chi connectivity index (χ1) is 4.13. The largest absolute Gasteiger partial charge is 0.297 e. The van der Waals surface area contributed by atoms with Gasteiger partial charge in [0.1, 0.15) is 6.61 Å². The molecule has 0 aromatic carbocycles. The van der Waals surface area contributed by atoms with Crippen LogP contribution in [0.1, 0.15) is 13.8 Å². The van der Waals surface area contributed by atoms with Crippen molar-refractivity contribution in [2.45, 2.75) is 13.8 Å². The fourth-order valence-corrected chi connectivity index (χ4v) is 0.261. The maximum atomic E-state index is 10.2. The van der Waals surface area contributed by atoms with Gasteiger partial charge < -0.3 is 0 Å². The maximum Gasteiger partial charge on any atom is 0.158 e. The van der Waals surface area contributed by atoms with Crippen molar-refractivity contribution in [1.82, 2.24) is 5.48 Å². The molecule has 0 amide bonds. The van der Waals surface area contributed by atoms with Crippen LogP contribution in [-0.4, -0.2) is 12.4 Å². The number of ketones is 1. The summed E-state index contributed by atoms with van der Waals surface area (Å²) >= 11 is 0. The number of hydroxylamine groups is 1. The molecule has 0 aromatic heterocycles. The molecule has 0 heterocycles. The summed E-state index contributed by atoms with van der Waals surface area (Å²) in [7, 11) is 0. The quantitative estimate of drug-likeness (QED) is 0.566. The summed E-state index contributed by atoms with van der Waals surface area (Å²) in [5, 5.41) is 0. The number of hydrogen-bond donors (Lipinski definition) is 1. The zero-order valence-electron chi connectivity index (χ0n) is 5.73. The van der Waals surface area contributed by atoms with Gasteiger partial charge in [0.2, 0.25) is 0 Å². The third-order valence-electron chi connectivity index (χ3n) is 0.522. The van der Waals surface area contributed by atoms with Crippen molar-refractivity contribution < 1.29 is 9.63 Å². The molecule has 0 fully saturated rings. The Balaban J connectivity index is 3.10. The summed E-state index contributed by atoms with van der Waals surface area (Å²) in [4.78, 5) is 14.9. The van der Waals surface area contributed by atoms with Gasteiger partial charge >= 0.3 is 0 Å². The van der Waals surface area contributed by atoms with Crippen LogP contribution in [0.15, 0.2) is 12.3 Å². The Morgan fingerprint density at radius 2 is 2.22 bits per heavy atom. The molecule has 0 atom stereocenters. The first-order valence-electron chi connectivity index (χ1n) is 2.65. The van der Waals surface area contributed by atoms with E-state index in [2.05, 4.69) is 16.9 Å². The topological polar surface area (TPSA) is 38.3 Å². The molecule has 0 aliphatic rings.